The lowest BCUT2D eigenvalue weighted by Crippen LogP contribution is -2.17. The van der Waals surface area contributed by atoms with Crippen molar-refractivity contribution in [1.29, 1.82) is 0 Å². The van der Waals surface area contributed by atoms with Crippen molar-refractivity contribution in [1.82, 2.24) is 14.6 Å². The number of benzene rings is 2. The number of nitrogen functional groups attached to an aromatic ring is 1. The Bertz CT molecular complexity index is 1520. The molecule has 1 aliphatic rings. The third-order valence-electron chi connectivity index (χ3n) is 5.50. The molecule has 0 atom stereocenters. The van der Waals surface area contributed by atoms with Crippen LogP contribution in [-0.2, 0) is 6.42 Å². The van der Waals surface area contributed by atoms with Crippen LogP contribution in [0.3, 0.4) is 0 Å². The molecular formula is C24H21N5O3S. The van der Waals surface area contributed by atoms with Crippen molar-refractivity contribution >= 4 is 45.2 Å². The van der Waals surface area contributed by atoms with Crippen LogP contribution in [0.2, 0.25) is 0 Å². The first kappa shape index (κ1) is 20.9. The number of allylic oxidation sites excluding steroid dienone is 1. The van der Waals surface area contributed by atoms with E-state index in [9.17, 15) is 4.79 Å². The first-order valence-corrected chi connectivity index (χ1v) is 11.1. The molecular weight excluding hydrogens is 438 g/mol. The Kier molecular flexibility index (Phi) is 5.18. The van der Waals surface area contributed by atoms with Crippen LogP contribution in [0.4, 0.5) is 11.5 Å². The monoisotopic (exact) mass is 459 g/mol. The number of para-hydroxylation sites is 1. The maximum Gasteiger partial charge on any atom is 0.283 e. The van der Waals surface area contributed by atoms with Crippen molar-refractivity contribution in [3.05, 3.63) is 74.5 Å². The fourth-order valence-corrected chi connectivity index (χ4v) is 4.78. The largest absolute Gasteiger partial charge is 0.493 e. The lowest BCUT2D eigenvalue weighted by molar-refractivity contribution is 0.354. The molecule has 0 saturated heterocycles. The summed E-state index contributed by atoms with van der Waals surface area (Å²) in [6, 6.07) is 13.5. The number of ether oxygens (including phenoxy) is 2. The van der Waals surface area contributed by atoms with Gasteiger partial charge in [0, 0.05) is 23.3 Å². The average molecular weight is 460 g/mol. The summed E-state index contributed by atoms with van der Waals surface area (Å²) in [4.78, 5) is 22.1. The van der Waals surface area contributed by atoms with Gasteiger partial charge in [0.2, 0.25) is 4.96 Å². The second-order valence-corrected chi connectivity index (χ2v) is 8.59. The van der Waals surface area contributed by atoms with Gasteiger partial charge in [0.1, 0.15) is 10.8 Å². The number of fused-ring (bicyclic) bond motifs is 2. The molecule has 8 nitrogen and oxygen atoms in total. The number of methoxy groups -OCH3 is 2. The molecule has 4 aromatic rings. The standard InChI is InChI=1S/C24H21N5O3S/c1-13-16(15-6-4-5-7-18(15)26-13)12-17-22(25)29-24(27-23(17)30)33-21(28-29)11-14-8-9-19(31-2)20(10-14)32-3/h4-10,12H,11,25H2,1-3H3. The first-order chi connectivity index (χ1) is 16.0. The molecule has 0 spiro atoms. The Morgan fingerprint density at radius 3 is 2.70 bits per heavy atom. The van der Waals surface area contributed by atoms with Gasteiger partial charge in [0.25, 0.3) is 5.56 Å². The fourth-order valence-electron chi connectivity index (χ4n) is 3.85. The van der Waals surface area contributed by atoms with Crippen molar-refractivity contribution in [2.45, 2.75) is 13.3 Å². The molecule has 0 aliphatic carbocycles. The molecule has 0 amide bonds. The number of rotatable bonds is 5. The van der Waals surface area contributed by atoms with E-state index in [1.165, 1.54) is 15.9 Å². The van der Waals surface area contributed by atoms with Crippen LogP contribution in [0.1, 0.15) is 28.6 Å². The normalized spacial score (nSPS) is 13.9. The maximum atomic E-state index is 12.8. The van der Waals surface area contributed by atoms with Crippen LogP contribution >= 0.6 is 11.3 Å². The summed E-state index contributed by atoms with van der Waals surface area (Å²) in [5.74, 6) is 1.56. The lowest BCUT2D eigenvalue weighted by Gasteiger charge is -2.08. The highest BCUT2D eigenvalue weighted by Crippen LogP contribution is 2.36. The zero-order valence-corrected chi connectivity index (χ0v) is 19.1. The molecule has 3 heterocycles. The van der Waals surface area contributed by atoms with Crippen LogP contribution in [0, 0.1) is 0 Å². The third-order valence-corrected chi connectivity index (χ3v) is 6.41. The highest BCUT2D eigenvalue weighted by atomic mass is 32.1. The van der Waals surface area contributed by atoms with Gasteiger partial charge in [-0.1, -0.05) is 35.6 Å². The zero-order chi connectivity index (χ0) is 23.1. The van der Waals surface area contributed by atoms with Crippen LogP contribution in [0.15, 0.2) is 52.3 Å². The molecule has 5 rings (SSSR count). The Hall–Kier alpha value is -3.98. The van der Waals surface area contributed by atoms with E-state index in [0.29, 0.717) is 28.4 Å². The minimum absolute atomic E-state index is 0.254. The molecule has 2 aromatic heterocycles. The smallest absolute Gasteiger partial charge is 0.283 e. The highest BCUT2D eigenvalue weighted by molar-refractivity contribution is 7.16. The Balaban J connectivity index is 1.54. The summed E-state index contributed by atoms with van der Waals surface area (Å²) in [7, 11) is 3.20. The number of hydrogen-bond donors (Lipinski definition) is 1. The predicted octanol–water partition coefficient (Wildman–Crippen LogP) is 3.99. The number of nitrogens with two attached hydrogens (primary N) is 1. The summed E-state index contributed by atoms with van der Waals surface area (Å²) in [5.41, 5.74) is 10.8. The minimum Gasteiger partial charge on any atom is -0.493 e. The molecule has 2 N–H and O–H groups in total. The van der Waals surface area contributed by atoms with Crippen molar-refractivity contribution in [2.24, 2.45) is 4.99 Å². The molecule has 1 aliphatic heterocycles. The van der Waals surface area contributed by atoms with E-state index >= 15 is 0 Å². The molecule has 166 valence electrons. The quantitative estimate of drug-likeness (QED) is 0.484. The SMILES string of the molecule is COc1ccc(Cc2nn3c(N)c(C=C4C(C)=Nc5ccccc54)c(=O)nc3s2)cc1OC. The molecule has 0 unspecified atom stereocenters. The van der Waals surface area contributed by atoms with Crippen molar-refractivity contribution in [3.63, 3.8) is 0 Å². The van der Waals surface area contributed by atoms with Crippen molar-refractivity contribution in [2.75, 3.05) is 20.0 Å². The Labute approximate surface area is 193 Å². The molecule has 2 aromatic carbocycles. The summed E-state index contributed by atoms with van der Waals surface area (Å²) in [5, 5.41) is 5.40. The van der Waals surface area contributed by atoms with Crippen LogP contribution in [0.25, 0.3) is 16.6 Å². The predicted molar refractivity (Wildman–Crippen MR) is 131 cm³/mol. The van der Waals surface area contributed by atoms with E-state index in [4.69, 9.17) is 15.2 Å². The Morgan fingerprint density at radius 2 is 1.91 bits per heavy atom. The van der Waals surface area contributed by atoms with E-state index < -0.39 is 5.56 Å². The van der Waals surface area contributed by atoms with Crippen LogP contribution in [0.5, 0.6) is 11.5 Å². The van der Waals surface area contributed by atoms with Gasteiger partial charge >= 0.3 is 0 Å². The van der Waals surface area contributed by atoms with E-state index in [1.54, 1.807) is 20.3 Å². The topological polar surface area (TPSA) is 104 Å². The number of hydrogen-bond acceptors (Lipinski definition) is 8. The first-order valence-electron chi connectivity index (χ1n) is 10.2. The van der Waals surface area contributed by atoms with Gasteiger partial charge in [-0.15, -0.1) is 0 Å². The molecule has 0 fully saturated rings. The number of anilines is 1. The highest BCUT2D eigenvalue weighted by Gasteiger charge is 2.20. The maximum absolute atomic E-state index is 12.8. The van der Waals surface area contributed by atoms with Gasteiger partial charge in [-0.3, -0.25) is 9.79 Å². The molecule has 0 radical (unpaired) electrons. The molecule has 33 heavy (non-hydrogen) atoms. The third kappa shape index (κ3) is 3.66. The second kappa shape index (κ2) is 8.18. The minimum atomic E-state index is -0.390. The second-order valence-electron chi connectivity index (χ2n) is 7.54. The zero-order valence-electron chi connectivity index (χ0n) is 18.3. The summed E-state index contributed by atoms with van der Waals surface area (Å²) in [6.07, 6.45) is 2.30. The van der Waals surface area contributed by atoms with E-state index in [0.717, 1.165) is 33.1 Å². The van der Waals surface area contributed by atoms with Gasteiger partial charge in [-0.2, -0.15) is 14.6 Å². The molecule has 9 heteroatoms. The van der Waals surface area contributed by atoms with Crippen molar-refractivity contribution in [3.8, 4) is 11.5 Å². The molecule has 0 bridgehead atoms. The van der Waals surface area contributed by atoms with Crippen LogP contribution in [-0.4, -0.2) is 34.5 Å². The fraction of sp³-hybridized carbons (Fsp3) is 0.167. The number of aromatic nitrogens is 3. The molecule has 0 saturated carbocycles. The van der Waals surface area contributed by atoms with Gasteiger partial charge in [-0.25, -0.2) is 0 Å². The van der Waals surface area contributed by atoms with Gasteiger partial charge in [0.15, 0.2) is 11.5 Å². The van der Waals surface area contributed by atoms with E-state index in [1.807, 2.05) is 49.4 Å². The van der Waals surface area contributed by atoms with Gasteiger partial charge in [0.05, 0.1) is 25.5 Å². The summed E-state index contributed by atoms with van der Waals surface area (Å²) < 4.78 is 12.2. The van der Waals surface area contributed by atoms with Gasteiger partial charge in [-0.05, 0) is 36.8 Å². The summed E-state index contributed by atoms with van der Waals surface area (Å²) >= 11 is 1.33. The van der Waals surface area contributed by atoms with Crippen LogP contribution < -0.4 is 20.8 Å². The van der Waals surface area contributed by atoms with E-state index in [-0.39, 0.29) is 5.82 Å². The summed E-state index contributed by atoms with van der Waals surface area (Å²) in [6.45, 7) is 1.91. The number of aliphatic imine (C=N–C) groups is 1. The van der Waals surface area contributed by atoms with Crippen molar-refractivity contribution < 1.29 is 9.47 Å². The number of nitrogens with zero attached hydrogens (tertiary/aromatic N) is 4. The average Bonchev–Trinajstić information content (AvgIpc) is 3.36. The van der Waals surface area contributed by atoms with E-state index in [2.05, 4.69) is 15.1 Å². The van der Waals surface area contributed by atoms with Gasteiger partial charge < -0.3 is 15.2 Å². The Morgan fingerprint density at radius 1 is 1.12 bits per heavy atom. The lowest BCUT2D eigenvalue weighted by atomic mass is 10.0.